The Morgan fingerprint density at radius 2 is 1.95 bits per heavy atom. The first-order valence-corrected chi connectivity index (χ1v) is 8.54. The van der Waals surface area contributed by atoms with Crippen LogP contribution in [0.4, 0.5) is 0 Å². The summed E-state index contributed by atoms with van der Waals surface area (Å²) in [5.41, 5.74) is 0.874. The zero-order valence-corrected chi connectivity index (χ0v) is 13.4. The minimum atomic E-state index is -0.499. The third kappa shape index (κ3) is 3.79. The van der Waals surface area contributed by atoms with E-state index in [4.69, 9.17) is 0 Å². The predicted molar refractivity (Wildman–Crippen MR) is 86.1 cm³/mol. The van der Waals surface area contributed by atoms with E-state index >= 15 is 0 Å². The number of nitrogens with zero attached hydrogens (tertiary/aromatic N) is 1. The lowest BCUT2D eigenvalue weighted by molar-refractivity contribution is -0.149. The molecule has 1 aliphatic rings. The molecule has 0 bridgehead atoms. The molecule has 5 heteroatoms. The van der Waals surface area contributed by atoms with E-state index in [0.29, 0.717) is 6.54 Å². The summed E-state index contributed by atoms with van der Waals surface area (Å²) in [5.74, 6) is 2.01. The van der Waals surface area contributed by atoms with Crippen molar-refractivity contribution in [2.75, 3.05) is 18.1 Å². The Balaban J connectivity index is 2.16. The highest BCUT2D eigenvalue weighted by atomic mass is 32.2. The van der Waals surface area contributed by atoms with Gasteiger partial charge in [-0.15, -0.1) is 0 Å². The van der Waals surface area contributed by atoms with E-state index in [-0.39, 0.29) is 11.8 Å². The number of rotatable bonds is 6. The Morgan fingerprint density at radius 3 is 2.62 bits per heavy atom. The summed E-state index contributed by atoms with van der Waals surface area (Å²) in [7, 11) is 0. The molecule has 1 aromatic carbocycles. The largest absolute Gasteiger partial charge is 0.342 e. The van der Waals surface area contributed by atoms with Crippen LogP contribution in [-0.4, -0.2) is 40.8 Å². The topological polar surface area (TPSA) is 49.4 Å². The fourth-order valence-electron chi connectivity index (χ4n) is 2.56. The van der Waals surface area contributed by atoms with Crippen LogP contribution in [0.15, 0.2) is 30.3 Å². The third-order valence-electron chi connectivity index (χ3n) is 3.58. The molecule has 0 saturated carbocycles. The van der Waals surface area contributed by atoms with Gasteiger partial charge in [-0.25, -0.2) is 0 Å². The van der Waals surface area contributed by atoms with Gasteiger partial charge in [0.2, 0.25) is 11.8 Å². The van der Waals surface area contributed by atoms with Gasteiger partial charge in [0.05, 0.1) is 0 Å². The fourth-order valence-corrected chi connectivity index (χ4v) is 3.18. The van der Waals surface area contributed by atoms with Crippen LogP contribution in [0.25, 0.3) is 0 Å². The molecule has 114 valence electrons. The monoisotopic (exact) mass is 306 g/mol. The molecule has 2 atom stereocenters. The van der Waals surface area contributed by atoms with Crippen LogP contribution < -0.4 is 5.32 Å². The van der Waals surface area contributed by atoms with Crippen molar-refractivity contribution in [2.24, 2.45) is 0 Å². The number of hydrogen-bond acceptors (Lipinski definition) is 3. The number of carbonyl (C=O) groups is 2. The molecule has 1 saturated heterocycles. The van der Waals surface area contributed by atoms with E-state index in [0.717, 1.165) is 23.5 Å². The predicted octanol–water partition coefficient (Wildman–Crippen LogP) is 2.22. The molecule has 4 nitrogen and oxygen atoms in total. The summed E-state index contributed by atoms with van der Waals surface area (Å²) in [4.78, 5) is 26.5. The van der Waals surface area contributed by atoms with Crippen LogP contribution >= 0.6 is 11.8 Å². The summed E-state index contributed by atoms with van der Waals surface area (Å²) in [6.07, 6.45) is 0.910. The smallest absolute Gasteiger partial charge is 0.248 e. The molecule has 1 aromatic rings. The lowest BCUT2D eigenvalue weighted by Crippen LogP contribution is -2.58. The van der Waals surface area contributed by atoms with Crippen molar-refractivity contribution in [3.05, 3.63) is 35.9 Å². The van der Waals surface area contributed by atoms with Gasteiger partial charge >= 0.3 is 0 Å². The Kier molecular flexibility index (Phi) is 5.67. The number of hydrogen-bond donors (Lipinski definition) is 1. The Labute approximate surface area is 130 Å². The lowest BCUT2D eigenvalue weighted by atomic mass is 10.00. The average molecular weight is 306 g/mol. The Hall–Kier alpha value is -1.49. The van der Waals surface area contributed by atoms with Gasteiger partial charge in [-0.05, 0) is 30.4 Å². The number of benzene rings is 1. The van der Waals surface area contributed by atoms with Crippen molar-refractivity contribution in [2.45, 2.75) is 32.4 Å². The number of piperazine rings is 1. The van der Waals surface area contributed by atoms with Crippen LogP contribution in [0.1, 0.15) is 31.9 Å². The van der Waals surface area contributed by atoms with Crippen molar-refractivity contribution in [3.63, 3.8) is 0 Å². The van der Waals surface area contributed by atoms with Crippen LogP contribution in [-0.2, 0) is 9.59 Å². The molecule has 1 N–H and O–H groups in total. The van der Waals surface area contributed by atoms with Crippen LogP contribution in [0.2, 0.25) is 0 Å². The van der Waals surface area contributed by atoms with Crippen molar-refractivity contribution in [1.29, 1.82) is 0 Å². The van der Waals surface area contributed by atoms with E-state index in [9.17, 15) is 9.59 Å². The number of thioether (sulfide) groups is 1. The second-order valence-electron chi connectivity index (χ2n) is 5.13. The lowest BCUT2D eigenvalue weighted by Gasteiger charge is -2.38. The van der Waals surface area contributed by atoms with Gasteiger partial charge < -0.3 is 10.2 Å². The molecule has 2 rings (SSSR count). The minimum absolute atomic E-state index is 0.00458. The van der Waals surface area contributed by atoms with Gasteiger partial charge in [0.1, 0.15) is 12.1 Å². The second kappa shape index (κ2) is 7.50. The van der Waals surface area contributed by atoms with E-state index < -0.39 is 12.1 Å². The normalized spacial score (nSPS) is 22.3. The van der Waals surface area contributed by atoms with E-state index in [1.165, 1.54) is 0 Å². The zero-order chi connectivity index (χ0) is 15.2. The summed E-state index contributed by atoms with van der Waals surface area (Å²) >= 11 is 1.86. The molecule has 2 unspecified atom stereocenters. The number of carbonyl (C=O) groups excluding carboxylic acids is 2. The molecule has 0 radical (unpaired) electrons. The fraction of sp³-hybridized carbons (Fsp3) is 0.500. The highest BCUT2D eigenvalue weighted by Crippen LogP contribution is 2.25. The molecule has 0 aromatic heterocycles. The first kappa shape index (κ1) is 15.9. The molecule has 0 aliphatic carbocycles. The number of amides is 2. The molecular formula is C16H22N2O2S. The number of nitrogens with one attached hydrogen (secondary N) is 1. The SMILES string of the molecule is CCSCCCN1C(=O)C(C)NC(=O)C1c1ccccc1. The summed E-state index contributed by atoms with van der Waals surface area (Å²) in [6, 6.07) is 8.59. The Bertz CT molecular complexity index is 492. The molecular weight excluding hydrogens is 284 g/mol. The van der Waals surface area contributed by atoms with Crippen LogP contribution in [0, 0.1) is 0 Å². The van der Waals surface area contributed by atoms with Gasteiger partial charge in [0.25, 0.3) is 0 Å². The highest BCUT2D eigenvalue weighted by molar-refractivity contribution is 7.99. The summed E-state index contributed by atoms with van der Waals surface area (Å²) in [5, 5.41) is 2.77. The molecule has 1 heterocycles. The first-order valence-electron chi connectivity index (χ1n) is 7.38. The van der Waals surface area contributed by atoms with Gasteiger partial charge in [-0.2, -0.15) is 11.8 Å². The average Bonchev–Trinajstić information content (AvgIpc) is 2.49. The molecule has 2 amide bonds. The van der Waals surface area contributed by atoms with Crippen molar-refractivity contribution in [1.82, 2.24) is 10.2 Å². The highest BCUT2D eigenvalue weighted by Gasteiger charge is 2.38. The summed E-state index contributed by atoms with van der Waals surface area (Å²) in [6.45, 7) is 4.50. The molecule has 21 heavy (non-hydrogen) atoms. The quantitative estimate of drug-likeness (QED) is 0.820. The first-order chi connectivity index (χ1) is 10.1. The van der Waals surface area contributed by atoms with Gasteiger partial charge in [0.15, 0.2) is 0 Å². The molecule has 1 aliphatic heterocycles. The molecule has 0 spiro atoms. The van der Waals surface area contributed by atoms with Gasteiger partial charge in [0, 0.05) is 6.54 Å². The van der Waals surface area contributed by atoms with Crippen molar-refractivity contribution >= 4 is 23.6 Å². The standard InChI is InChI=1S/C16H22N2O2S/c1-3-21-11-7-10-18-14(13-8-5-4-6-9-13)15(19)17-12(2)16(18)20/h4-6,8-9,12,14H,3,7,10-11H2,1-2H3,(H,17,19). The van der Waals surface area contributed by atoms with Gasteiger partial charge in [-0.3, -0.25) is 9.59 Å². The van der Waals surface area contributed by atoms with E-state index in [2.05, 4.69) is 12.2 Å². The minimum Gasteiger partial charge on any atom is -0.342 e. The maximum absolute atomic E-state index is 12.4. The maximum atomic E-state index is 12.4. The van der Waals surface area contributed by atoms with E-state index in [1.54, 1.807) is 11.8 Å². The summed E-state index contributed by atoms with van der Waals surface area (Å²) < 4.78 is 0. The van der Waals surface area contributed by atoms with Crippen molar-refractivity contribution < 1.29 is 9.59 Å². The zero-order valence-electron chi connectivity index (χ0n) is 12.5. The van der Waals surface area contributed by atoms with Gasteiger partial charge in [-0.1, -0.05) is 37.3 Å². The maximum Gasteiger partial charge on any atom is 0.248 e. The van der Waals surface area contributed by atoms with Crippen LogP contribution in [0.3, 0.4) is 0 Å². The Morgan fingerprint density at radius 1 is 1.24 bits per heavy atom. The van der Waals surface area contributed by atoms with E-state index in [1.807, 2.05) is 42.1 Å². The van der Waals surface area contributed by atoms with Crippen LogP contribution in [0.5, 0.6) is 0 Å². The second-order valence-corrected chi connectivity index (χ2v) is 6.52. The third-order valence-corrected chi connectivity index (χ3v) is 4.57. The molecule has 1 fully saturated rings. The van der Waals surface area contributed by atoms with Crippen molar-refractivity contribution in [3.8, 4) is 0 Å².